The Morgan fingerprint density at radius 3 is 2.42 bits per heavy atom. The first-order chi connectivity index (χ1) is 11.0. The SMILES string of the molecule is Cc1ccn(-c2ccccc2C(=O)NS(=O)(=O)C(C)C(F)(F)F)n1. The molecule has 0 saturated heterocycles. The van der Waals surface area contributed by atoms with Gasteiger partial charge >= 0.3 is 6.18 Å². The minimum absolute atomic E-state index is 0.112. The van der Waals surface area contributed by atoms with Crippen molar-refractivity contribution in [1.29, 1.82) is 0 Å². The van der Waals surface area contributed by atoms with Gasteiger partial charge in [0.25, 0.3) is 5.91 Å². The van der Waals surface area contributed by atoms with Crippen LogP contribution >= 0.6 is 0 Å². The largest absolute Gasteiger partial charge is 0.407 e. The molecule has 1 amide bonds. The number of aryl methyl sites for hydroxylation is 1. The van der Waals surface area contributed by atoms with E-state index in [1.165, 1.54) is 27.6 Å². The van der Waals surface area contributed by atoms with Crippen molar-refractivity contribution in [3.05, 3.63) is 47.8 Å². The summed E-state index contributed by atoms with van der Waals surface area (Å²) in [5, 5.41) is 1.39. The molecule has 6 nitrogen and oxygen atoms in total. The second-order valence-corrected chi connectivity index (χ2v) is 7.08. The van der Waals surface area contributed by atoms with Crippen LogP contribution in [0.2, 0.25) is 0 Å². The van der Waals surface area contributed by atoms with E-state index in [4.69, 9.17) is 0 Å². The average molecular weight is 361 g/mol. The maximum atomic E-state index is 12.6. The molecular weight excluding hydrogens is 347 g/mol. The number of sulfonamides is 1. The summed E-state index contributed by atoms with van der Waals surface area (Å²) in [4.78, 5) is 12.2. The summed E-state index contributed by atoms with van der Waals surface area (Å²) in [6.07, 6.45) is -3.43. The van der Waals surface area contributed by atoms with Gasteiger partial charge in [-0.2, -0.15) is 18.3 Å². The van der Waals surface area contributed by atoms with E-state index < -0.39 is 27.4 Å². The lowest BCUT2D eigenvalue weighted by Crippen LogP contribution is -2.44. The monoisotopic (exact) mass is 361 g/mol. The van der Waals surface area contributed by atoms with E-state index in [0.29, 0.717) is 12.6 Å². The van der Waals surface area contributed by atoms with E-state index in [1.807, 2.05) is 0 Å². The summed E-state index contributed by atoms with van der Waals surface area (Å²) in [5.74, 6) is -1.16. The van der Waals surface area contributed by atoms with Crippen molar-refractivity contribution < 1.29 is 26.4 Å². The summed E-state index contributed by atoms with van der Waals surface area (Å²) in [6, 6.07) is 7.53. The van der Waals surface area contributed by atoms with Gasteiger partial charge in [0.2, 0.25) is 10.0 Å². The van der Waals surface area contributed by atoms with E-state index in [9.17, 15) is 26.4 Å². The number of alkyl halides is 3. The van der Waals surface area contributed by atoms with Gasteiger partial charge in [-0.1, -0.05) is 12.1 Å². The normalized spacial score (nSPS) is 13.5. The summed E-state index contributed by atoms with van der Waals surface area (Å²) >= 11 is 0. The van der Waals surface area contributed by atoms with Crippen molar-refractivity contribution in [3.8, 4) is 5.69 Å². The van der Waals surface area contributed by atoms with E-state index in [2.05, 4.69) is 5.10 Å². The molecule has 10 heteroatoms. The molecule has 0 aliphatic carbocycles. The first-order valence-corrected chi connectivity index (χ1v) is 8.31. The van der Waals surface area contributed by atoms with Crippen molar-refractivity contribution in [1.82, 2.24) is 14.5 Å². The minimum Gasteiger partial charge on any atom is -0.268 e. The van der Waals surface area contributed by atoms with Crippen LogP contribution in [0.3, 0.4) is 0 Å². The second kappa shape index (κ2) is 6.27. The Morgan fingerprint density at radius 2 is 1.88 bits per heavy atom. The number of carbonyl (C=O) groups is 1. The predicted octanol–water partition coefficient (Wildman–Crippen LogP) is 2.19. The van der Waals surface area contributed by atoms with Crippen molar-refractivity contribution in [2.75, 3.05) is 0 Å². The number of benzene rings is 1. The summed E-state index contributed by atoms with van der Waals surface area (Å²) in [6.45, 7) is 2.19. The molecule has 2 aromatic rings. The molecule has 0 aliphatic rings. The van der Waals surface area contributed by atoms with Gasteiger partial charge in [-0.15, -0.1) is 0 Å². The van der Waals surface area contributed by atoms with Gasteiger partial charge in [-0.05, 0) is 32.0 Å². The minimum atomic E-state index is -4.98. The summed E-state index contributed by atoms with van der Waals surface area (Å²) in [5.41, 5.74) is 0.792. The van der Waals surface area contributed by atoms with Crippen LogP contribution in [0.5, 0.6) is 0 Å². The van der Waals surface area contributed by atoms with E-state index in [-0.39, 0.29) is 11.3 Å². The van der Waals surface area contributed by atoms with Crippen LogP contribution in [-0.2, 0) is 10.0 Å². The van der Waals surface area contributed by atoms with Gasteiger partial charge in [0.1, 0.15) is 0 Å². The van der Waals surface area contributed by atoms with Crippen LogP contribution in [0.15, 0.2) is 36.5 Å². The molecule has 2 rings (SSSR count). The third kappa shape index (κ3) is 3.75. The number of hydrogen-bond donors (Lipinski definition) is 1. The van der Waals surface area contributed by atoms with Gasteiger partial charge in [-0.25, -0.2) is 17.8 Å². The molecule has 1 atom stereocenters. The molecule has 1 heterocycles. The Bertz CT molecular complexity index is 859. The Labute approximate surface area is 136 Å². The highest BCUT2D eigenvalue weighted by Gasteiger charge is 2.46. The Morgan fingerprint density at radius 1 is 1.25 bits per heavy atom. The number of hydrogen-bond acceptors (Lipinski definition) is 4. The molecule has 1 aromatic carbocycles. The highest BCUT2D eigenvalue weighted by Crippen LogP contribution is 2.25. The molecule has 0 bridgehead atoms. The quantitative estimate of drug-likeness (QED) is 0.905. The van der Waals surface area contributed by atoms with Gasteiger partial charge in [-0.3, -0.25) is 4.79 Å². The molecule has 0 fully saturated rings. The first-order valence-electron chi connectivity index (χ1n) is 6.77. The lowest BCUT2D eigenvalue weighted by Gasteiger charge is -2.17. The van der Waals surface area contributed by atoms with Crippen molar-refractivity contribution in [2.24, 2.45) is 0 Å². The van der Waals surface area contributed by atoms with Crippen molar-refractivity contribution >= 4 is 15.9 Å². The van der Waals surface area contributed by atoms with Crippen molar-refractivity contribution in [2.45, 2.75) is 25.3 Å². The Kier molecular flexibility index (Phi) is 4.70. The summed E-state index contributed by atoms with van der Waals surface area (Å²) < 4.78 is 64.1. The molecule has 0 saturated carbocycles. The summed E-state index contributed by atoms with van der Waals surface area (Å²) in [7, 11) is -4.91. The second-order valence-electron chi connectivity index (χ2n) is 5.08. The van der Waals surface area contributed by atoms with E-state index in [0.717, 1.165) is 0 Å². The number of carbonyl (C=O) groups excluding carboxylic acids is 1. The van der Waals surface area contributed by atoms with Crippen LogP contribution in [0.25, 0.3) is 5.69 Å². The van der Waals surface area contributed by atoms with Crippen LogP contribution < -0.4 is 4.72 Å². The highest BCUT2D eigenvalue weighted by molar-refractivity contribution is 7.90. The topological polar surface area (TPSA) is 81.1 Å². The number of halogens is 3. The van der Waals surface area contributed by atoms with Gasteiger partial charge in [0.15, 0.2) is 5.25 Å². The number of aromatic nitrogens is 2. The molecule has 1 aromatic heterocycles. The number of para-hydroxylation sites is 1. The van der Waals surface area contributed by atoms with Crippen molar-refractivity contribution in [3.63, 3.8) is 0 Å². The lowest BCUT2D eigenvalue weighted by atomic mass is 10.1. The van der Waals surface area contributed by atoms with E-state index in [1.54, 1.807) is 25.3 Å². The van der Waals surface area contributed by atoms with Crippen LogP contribution in [0.4, 0.5) is 13.2 Å². The van der Waals surface area contributed by atoms with Gasteiger partial charge in [0.05, 0.1) is 16.9 Å². The molecule has 1 unspecified atom stereocenters. The highest BCUT2D eigenvalue weighted by atomic mass is 32.2. The maximum Gasteiger partial charge on any atom is 0.407 e. The zero-order chi connectivity index (χ0) is 18.1. The average Bonchev–Trinajstić information content (AvgIpc) is 2.91. The fourth-order valence-corrected chi connectivity index (χ4v) is 2.76. The Hall–Kier alpha value is -2.36. The third-order valence-corrected chi connectivity index (χ3v) is 4.95. The van der Waals surface area contributed by atoms with Gasteiger partial charge < -0.3 is 0 Å². The Balaban J connectivity index is 2.35. The number of amides is 1. The third-order valence-electron chi connectivity index (χ3n) is 3.28. The zero-order valence-corrected chi connectivity index (χ0v) is 13.5. The first kappa shape index (κ1) is 18.0. The van der Waals surface area contributed by atoms with Crippen LogP contribution in [0.1, 0.15) is 23.0 Å². The molecule has 1 N–H and O–H groups in total. The molecular formula is C14H14F3N3O3S. The smallest absolute Gasteiger partial charge is 0.268 e. The number of nitrogens with zero attached hydrogens (tertiary/aromatic N) is 2. The molecule has 0 spiro atoms. The maximum absolute atomic E-state index is 12.6. The molecule has 130 valence electrons. The lowest BCUT2D eigenvalue weighted by molar-refractivity contribution is -0.127. The van der Waals surface area contributed by atoms with E-state index >= 15 is 0 Å². The fraction of sp³-hybridized carbons (Fsp3) is 0.286. The fourth-order valence-electron chi connectivity index (χ4n) is 1.86. The van der Waals surface area contributed by atoms with Crippen LogP contribution in [-0.4, -0.2) is 35.5 Å². The van der Waals surface area contributed by atoms with Crippen LogP contribution in [0, 0.1) is 6.92 Å². The predicted molar refractivity (Wildman–Crippen MR) is 80.2 cm³/mol. The molecule has 0 aliphatic heterocycles. The van der Waals surface area contributed by atoms with Gasteiger partial charge in [0, 0.05) is 6.20 Å². The zero-order valence-electron chi connectivity index (χ0n) is 12.7. The molecule has 24 heavy (non-hydrogen) atoms. The molecule has 0 radical (unpaired) electrons. The number of nitrogens with one attached hydrogen (secondary N) is 1. The number of rotatable bonds is 4. The standard InChI is InChI=1S/C14H14F3N3O3S/c1-9-7-8-20(18-9)12-6-4-3-5-11(12)13(21)19-24(22,23)10(2)14(15,16)17/h3-8,10H,1-2H3,(H,19,21).